The fraction of sp³-hybridized carbons (Fsp3) is 0.167. The molecule has 2 aromatic carbocycles. The van der Waals surface area contributed by atoms with Gasteiger partial charge in [0, 0.05) is 0 Å². The number of hydrogen-bond acceptors (Lipinski definition) is 4. The van der Waals surface area contributed by atoms with Crippen LogP contribution in [0.5, 0.6) is 5.75 Å². The van der Waals surface area contributed by atoms with E-state index in [-0.39, 0.29) is 21.9 Å². The van der Waals surface area contributed by atoms with E-state index in [0.717, 1.165) is 24.3 Å². The van der Waals surface area contributed by atoms with Crippen molar-refractivity contribution in [3.63, 3.8) is 0 Å². The van der Waals surface area contributed by atoms with Crippen molar-refractivity contribution in [2.45, 2.75) is 11.8 Å². The normalized spacial score (nSPS) is 19.1. The Morgan fingerprint density at radius 1 is 1.10 bits per heavy atom. The number of imide groups is 1. The lowest BCUT2D eigenvalue weighted by Gasteiger charge is -2.30. The van der Waals surface area contributed by atoms with E-state index in [2.05, 4.69) is 0 Å². The lowest BCUT2D eigenvalue weighted by atomic mass is 10.1. The zero-order chi connectivity index (χ0) is 21.4. The third-order valence-corrected chi connectivity index (χ3v) is 4.18. The molecule has 29 heavy (non-hydrogen) atoms. The molecule has 1 aliphatic heterocycles. The predicted octanol–water partition coefficient (Wildman–Crippen LogP) is 2.58. The number of alkyl halides is 3. The van der Waals surface area contributed by atoms with Gasteiger partial charge in [0.2, 0.25) is 0 Å². The number of carbonyl (C=O) groups excluding carboxylic acids is 3. The number of para-hydroxylation sites is 1. The molecular formula is C18H13F4N3O4. The van der Waals surface area contributed by atoms with Crippen molar-refractivity contribution in [3.05, 3.63) is 59.9 Å². The molecule has 7 nitrogen and oxygen atoms in total. The molecule has 1 saturated heterocycles. The molecule has 1 atom stereocenters. The van der Waals surface area contributed by atoms with Crippen LogP contribution in [0.2, 0.25) is 0 Å². The molecule has 0 aliphatic carbocycles. The Morgan fingerprint density at radius 2 is 1.72 bits per heavy atom. The molecule has 0 saturated carbocycles. The zero-order valence-electron chi connectivity index (χ0n) is 14.7. The summed E-state index contributed by atoms with van der Waals surface area (Å²) in [6, 6.07) is 7.65. The summed E-state index contributed by atoms with van der Waals surface area (Å²) in [6.45, 7) is 0. The molecule has 11 heteroatoms. The largest absolute Gasteiger partial charge is 0.496 e. The van der Waals surface area contributed by atoms with Crippen LogP contribution in [0.4, 0.5) is 28.0 Å². The van der Waals surface area contributed by atoms with Crippen molar-refractivity contribution in [1.82, 2.24) is 10.6 Å². The number of nitrogens with one attached hydrogen (secondary N) is 2. The van der Waals surface area contributed by atoms with Gasteiger partial charge in [0.1, 0.15) is 11.6 Å². The summed E-state index contributed by atoms with van der Waals surface area (Å²) in [4.78, 5) is 37.6. The van der Waals surface area contributed by atoms with Crippen LogP contribution in [0.25, 0.3) is 0 Å². The van der Waals surface area contributed by atoms with Crippen LogP contribution in [0.15, 0.2) is 48.5 Å². The first kappa shape index (κ1) is 20.1. The highest BCUT2D eigenvalue weighted by Crippen LogP contribution is 2.36. The molecule has 1 aliphatic rings. The number of methoxy groups -OCH3 is 1. The van der Waals surface area contributed by atoms with Crippen molar-refractivity contribution >= 4 is 23.5 Å². The van der Waals surface area contributed by atoms with Crippen molar-refractivity contribution in [3.8, 4) is 5.75 Å². The SMILES string of the molecule is COc1ccccc1C(=O)NC1(C(F)(F)F)NC(=O)N(c2ccc(F)cc2)C1=O. The third-order valence-electron chi connectivity index (χ3n) is 4.18. The van der Waals surface area contributed by atoms with E-state index in [0.29, 0.717) is 0 Å². The summed E-state index contributed by atoms with van der Waals surface area (Å²) in [6.07, 6.45) is -5.38. The van der Waals surface area contributed by atoms with Gasteiger partial charge in [0.05, 0.1) is 18.4 Å². The Balaban J connectivity index is 2.02. The molecule has 2 aromatic rings. The second-order valence-electron chi connectivity index (χ2n) is 5.95. The molecule has 2 N–H and O–H groups in total. The quantitative estimate of drug-likeness (QED) is 0.598. The van der Waals surface area contributed by atoms with Gasteiger partial charge in [-0.3, -0.25) is 14.9 Å². The van der Waals surface area contributed by atoms with Crippen LogP contribution in [0, 0.1) is 5.82 Å². The van der Waals surface area contributed by atoms with Crippen LogP contribution in [0.1, 0.15) is 10.4 Å². The number of carbonyl (C=O) groups is 3. The first-order valence-electron chi connectivity index (χ1n) is 8.05. The minimum absolute atomic E-state index is 0.0329. The maximum Gasteiger partial charge on any atom is 0.440 e. The van der Waals surface area contributed by atoms with E-state index in [1.807, 2.05) is 0 Å². The van der Waals surface area contributed by atoms with E-state index < -0.39 is 35.5 Å². The number of nitrogens with zero attached hydrogens (tertiary/aromatic N) is 1. The van der Waals surface area contributed by atoms with Crippen LogP contribution in [-0.2, 0) is 4.79 Å². The summed E-state index contributed by atoms with van der Waals surface area (Å²) >= 11 is 0. The van der Waals surface area contributed by atoms with Crippen LogP contribution in [0.3, 0.4) is 0 Å². The smallest absolute Gasteiger partial charge is 0.440 e. The number of halogens is 4. The minimum atomic E-state index is -5.38. The molecule has 0 radical (unpaired) electrons. The van der Waals surface area contributed by atoms with Gasteiger partial charge in [0.25, 0.3) is 17.5 Å². The van der Waals surface area contributed by atoms with Gasteiger partial charge in [-0.2, -0.15) is 13.2 Å². The highest BCUT2D eigenvalue weighted by atomic mass is 19.4. The van der Waals surface area contributed by atoms with Gasteiger partial charge in [-0.1, -0.05) is 12.1 Å². The molecule has 3 rings (SSSR count). The molecule has 0 bridgehead atoms. The fourth-order valence-corrected chi connectivity index (χ4v) is 2.77. The second kappa shape index (κ2) is 7.08. The van der Waals surface area contributed by atoms with Crippen LogP contribution in [-0.4, -0.2) is 36.8 Å². The van der Waals surface area contributed by atoms with Gasteiger partial charge in [-0.15, -0.1) is 0 Å². The average molecular weight is 411 g/mol. The maximum absolute atomic E-state index is 13.9. The molecule has 1 heterocycles. The number of rotatable bonds is 4. The number of urea groups is 1. The molecule has 1 fully saturated rings. The van der Waals surface area contributed by atoms with E-state index in [9.17, 15) is 31.9 Å². The molecule has 0 aromatic heterocycles. The summed E-state index contributed by atoms with van der Waals surface area (Å²) in [5, 5.41) is 3.08. The first-order valence-corrected chi connectivity index (χ1v) is 8.05. The van der Waals surface area contributed by atoms with Gasteiger partial charge in [0.15, 0.2) is 0 Å². The number of amides is 4. The predicted molar refractivity (Wildman–Crippen MR) is 91.7 cm³/mol. The second-order valence-corrected chi connectivity index (χ2v) is 5.95. The number of ether oxygens (including phenoxy) is 1. The average Bonchev–Trinajstić information content (AvgIpc) is 2.93. The molecular weight excluding hydrogens is 398 g/mol. The standard InChI is InChI=1S/C18H13F4N3O4/c1-29-13-5-3-2-4-12(13)14(26)23-17(18(20,21)22)15(27)25(16(28)24-17)11-8-6-10(19)7-9-11/h2-9H,1H3,(H,23,26)(H,24,28). The number of anilines is 1. The topological polar surface area (TPSA) is 87.7 Å². The Morgan fingerprint density at radius 3 is 2.31 bits per heavy atom. The third kappa shape index (κ3) is 3.35. The van der Waals surface area contributed by atoms with Gasteiger partial charge < -0.3 is 10.1 Å². The summed E-state index contributed by atoms with van der Waals surface area (Å²) in [5.74, 6) is -3.83. The summed E-state index contributed by atoms with van der Waals surface area (Å²) in [7, 11) is 1.21. The Bertz CT molecular complexity index is 978. The van der Waals surface area contributed by atoms with Gasteiger partial charge >= 0.3 is 12.2 Å². The van der Waals surface area contributed by atoms with Crippen molar-refractivity contribution < 1.29 is 36.7 Å². The Labute approximate surface area is 161 Å². The highest BCUT2D eigenvalue weighted by molar-refractivity contribution is 6.24. The van der Waals surface area contributed by atoms with Gasteiger partial charge in [-0.05, 0) is 36.4 Å². The molecule has 152 valence electrons. The van der Waals surface area contributed by atoms with E-state index >= 15 is 0 Å². The van der Waals surface area contributed by atoms with Gasteiger partial charge in [-0.25, -0.2) is 14.1 Å². The lowest BCUT2D eigenvalue weighted by Crippen LogP contribution is -2.69. The van der Waals surface area contributed by atoms with Crippen LogP contribution >= 0.6 is 0 Å². The number of hydrogen-bond donors (Lipinski definition) is 2. The van der Waals surface area contributed by atoms with Crippen molar-refractivity contribution in [1.29, 1.82) is 0 Å². The van der Waals surface area contributed by atoms with Crippen molar-refractivity contribution in [2.24, 2.45) is 0 Å². The first-order chi connectivity index (χ1) is 13.6. The lowest BCUT2D eigenvalue weighted by molar-refractivity contribution is -0.197. The maximum atomic E-state index is 13.9. The van der Waals surface area contributed by atoms with Crippen molar-refractivity contribution in [2.75, 3.05) is 12.0 Å². The molecule has 0 spiro atoms. The summed E-state index contributed by atoms with van der Waals surface area (Å²) < 4.78 is 59.7. The number of benzene rings is 2. The van der Waals surface area contributed by atoms with Crippen LogP contribution < -0.4 is 20.3 Å². The molecule has 1 unspecified atom stereocenters. The van der Waals surface area contributed by atoms with E-state index in [1.54, 1.807) is 5.32 Å². The van der Waals surface area contributed by atoms with E-state index in [1.165, 1.54) is 36.7 Å². The van der Waals surface area contributed by atoms with E-state index in [4.69, 9.17) is 4.74 Å². The Hall–Kier alpha value is -3.63. The summed E-state index contributed by atoms with van der Waals surface area (Å²) in [5.41, 5.74) is -4.29. The molecule has 4 amide bonds. The fourth-order valence-electron chi connectivity index (χ4n) is 2.77. The minimum Gasteiger partial charge on any atom is -0.496 e. The zero-order valence-corrected chi connectivity index (χ0v) is 14.7. The highest BCUT2D eigenvalue weighted by Gasteiger charge is 2.69. The Kier molecular flexibility index (Phi) is 4.91. The monoisotopic (exact) mass is 411 g/mol.